The zero-order valence-electron chi connectivity index (χ0n) is 11.7. The van der Waals surface area contributed by atoms with Gasteiger partial charge in [0.25, 0.3) is 0 Å². The van der Waals surface area contributed by atoms with Gasteiger partial charge in [0.2, 0.25) is 0 Å². The fourth-order valence-electron chi connectivity index (χ4n) is 2.27. The summed E-state index contributed by atoms with van der Waals surface area (Å²) in [6.07, 6.45) is 3.59. The number of hydrogen-bond acceptors (Lipinski definition) is 2. The Hall–Kier alpha value is -1.48. The lowest BCUT2D eigenvalue weighted by Crippen LogP contribution is -2.15. The Kier molecular flexibility index (Phi) is 5.29. The maximum atomic E-state index is 6.49. The molecule has 110 valence electrons. The highest BCUT2D eigenvalue weighted by atomic mass is 35.5. The summed E-state index contributed by atoms with van der Waals surface area (Å²) in [5.41, 5.74) is 15.6. The van der Waals surface area contributed by atoms with Crippen LogP contribution < -0.4 is 11.5 Å². The predicted octanol–water partition coefficient (Wildman–Crippen LogP) is 4.74. The van der Waals surface area contributed by atoms with Crippen LogP contribution in [-0.2, 0) is 6.42 Å². The van der Waals surface area contributed by atoms with Gasteiger partial charge in [0.05, 0.1) is 6.04 Å². The van der Waals surface area contributed by atoms with E-state index in [1.807, 2.05) is 24.3 Å². The number of allylic oxidation sites excluding steroid dienone is 1. The topological polar surface area (TPSA) is 52.0 Å². The highest BCUT2D eigenvalue weighted by Crippen LogP contribution is 2.33. The van der Waals surface area contributed by atoms with E-state index in [0.29, 0.717) is 15.7 Å². The van der Waals surface area contributed by atoms with Crippen molar-refractivity contribution in [2.24, 2.45) is 5.73 Å². The van der Waals surface area contributed by atoms with Gasteiger partial charge in [-0.05, 0) is 47.7 Å². The summed E-state index contributed by atoms with van der Waals surface area (Å²) in [6.45, 7) is 3.73. The van der Waals surface area contributed by atoms with E-state index in [1.54, 1.807) is 18.2 Å². The predicted molar refractivity (Wildman–Crippen MR) is 91.9 cm³/mol. The number of nitrogen functional groups attached to an aromatic ring is 1. The fraction of sp³-hybridized carbons (Fsp3) is 0.176. The van der Waals surface area contributed by atoms with E-state index >= 15 is 0 Å². The van der Waals surface area contributed by atoms with Crippen molar-refractivity contribution < 1.29 is 0 Å². The fourth-order valence-corrected chi connectivity index (χ4v) is 2.79. The Balaban J connectivity index is 2.41. The number of halogens is 2. The van der Waals surface area contributed by atoms with Gasteiger partial charge in [-0.1, -0.05) is 47.5 Å². The van der Waals surface area contributed by atoms with Crippen LogP contribution in [0.1, 0.15) is 29.2 Å². The van der Waals surface area contributed by atoms with Crippen molar-refractivity contribution in [1.29, 1.82) is 0 Å². The first-order chi connectivity index (χ1) is 10.0. The maximum absolute atomic E-state index is 6.49. The Labute approximate surface area is 135 Å². The molecule has 0 aromatic heterocycles. The number of aryl methyl sites for hydroxylation is 1. The Bertz CT molecular complexity index is 653. The zero-order chi connectivity index (χ0) is 15.4. The quantitative estimate of drug-likeness (QED) is 0.617. The number of benzene rings is 2. The Morgan fingerprint density at radius 1 is 1.14 bits per heavy atom. The lowest BCUT2D eigenvalue weighted by molar-refractivity contribution is 0.868. The summed E-state index contributed by atoms with van der Waals surface area (Å²) in [5, 5.41) is 1.29. The van der Waals surface area contributed by atoms with Crippen LogP contribution in [0.2, 0.25) is 10.0 Å². The lowest BCUT2D eigenvalue weighted by Gasteiger charge is -2.18. The average Bonchev–Trinajstić information content (AvgIpc) is 2.48. The summed E-state index contributed by atoms with van der Waals surface area (Å²) >= 11 is 12.5. The Morgan fingerprint density at radius 2 is 1.90 bits per heavy atom. The summed E-state index contributed by atoms with van der Waals surface area (Å²) in [6, 6.07) is 10.8. The van der Waals surface area contributed by atoms with Gasteiger partial charge in [-0.25, -0.2) is 0 Å². The molecule has 0 fully saturated rings. The monoisotopic (exact) mass is 320 g/mol. The SMILES string of the molecule is C=CCCc1cccc(C(N)c2cc(Cl)ccc2N)c1Cl. The maximum Gasteiger partial charge on any atom is 0.0587 e. The molecule has 2 aromatic rings. The van der Waals surface area contributed by atoms with Gasteiger partial charge in [0.15, 0.2) is 0 Å². The molecule has 0 aliphatic heterocycles. The number of hydrogen-bond donors (Lipinski definition) is 2. The van der Waals surface area contributed by atoms with Crippen LogP contribution in [-0.4, -0.2) is 0 Å². The van der Waals surface area contributed by atoms with Crippen molar-refractivity contribution in [2.45, 2.75) is 18.9 Å². The van der Waals surface area contributed by atoms with Gasteiger partial charge in [0, 0.05) is 15.7 Å². The van der Waals surface area contributed by atoms with E-state index in [4.69, 9.17) is 34.7 Å². The smallest absolute Gasteiger partial charge is 0.0587 e. The molecule has 0 amide bonds. The van der Waals surface area contributed by atoms with E-state index in [-0.39, 0.29) is 0 Å². The standard InChI is InChI=1S/C17H18Cl2N2/c1-2-3-5-11-6-4-7-13(16(11)19)17(21)14-10-12(18)8-9-15(14)20/h2,4,6-10,17H,1,3,5,20-21H2. The summed E-state index contributed by atoms with van der Waals surface area (Å²) in [5.74, 6) is 0. The van der Waals surface area contributed by atoms with Gasteiger partial charge in [0.1, 0.15) is 0 Å². The molecule has 0 spiro atoms. The molecule has 4 heteroatoms. The molecule has 0 aliphatic carbocycles. The van der Waals surface area contributed by atoms with Crippen LogP contribution in [0.15, 0.2) is 49.1 Å². The molecule has 21 heavy (non-hydrogen) atoms. The van der Waals surface area contributed by atoms with Crippen LogP contribution >= 0.6 is 23.2 Å². The first kappa shape index (κ1) is 15.9. The van der Waals surface area contributed by atoms with E-state index < -0.39 is 6.04 Å². The van der Waals surface area contributed by atoms with Crippen molar-refractivity contribution in [3.8, 4) is 0 Å². The molecule has 0 saturated carbocycles. The molecule has 0 heterocycles. The Morgan fingerprint density at radius 3 is 2.62 bits per heavy atom. The van der Waals surface area contributed by atoms with E-state index in [1.165, 1.54) is 0 Å². The minimum Gasteiger partial charge on any atom is -0.398 e. The third-order valence-electron chi connectivity index (χ3n) is 3.45. The highest BCUT2D eigenvalue weighted by molar-refractivity contribution is 6.32. The molecule has 1 unspecified atom stereocenters. The third kappa shape index (κ3) is 3.59. The molecule has 0 saturated heterocycles. The van der Waals surface area contributed by atoms with Gasteiger partial charge in [-0.3, -0.25) is 0 Å². The lowest BCUT2D eigenvalue weighted by atomic mass is 9.95. The molecule has 2 aromatic carbocycles. The van der Waals surface area contributed by atoms with Crippen LogP contribution in [0, 0.1) is 0 Å². The summed E-state index contributed by atoms with van der Waals surface area (Å²) < 4.78 is 0. The van der Waals surface area contributed by atoms with Crippen LogP contribution in [0.3, 0.4) is 0 Å². The zero-order valence-corrected chi connectivity index (χ0v) is 13.2. The van der Waals surface area contributed by atoms with E-state index in [2.05, 4.69) is 6.58 Å². The second-order valence-corrected chi connectivity index (χ2v) is 5.71. The van der Waals surface area contributed by atoms with E-state index in [9.17, 15) is 0 Å². The second-order valence-electron chi connectivity index (χ2n) is 4.90. The number of nitrogens with two attached hydrogens (primary N) is 2. The minimum atomic E-state index is -0.403. The number of rotatable bonds is 5. The average molecular weight is 321 g/mol. The second kappa shape index (κ2) is 6.99. The summed E-state index contributed by atoms with van der Waals surface area (Å²) in [4.78, 5) is 0. The van der Waals surface area contributed by atoms with Gasteiger partial charge < -0.3 is 11.5 Å². The van der Waals surface area contributed by atoms with Crippen LogP contribution in [0.25, 0.3) is 0 Å². The molecule has 2 rings (SSSR count). The van der Waals surface area contributed by atoms with Crippen LogP contribution in [0.5, 0.6) is 0 Å². The molecule has 0 bridgehead atoms. The van der Waals surface area contributed by atoms with Crippen molar-refractivity contribution in [3.05, 3.63) is 75.8 Å². The number of anilines is 1. The molecule has 4 N–H and O–H groups in total. The van der Waals surface area contributed by atoms with Gasteiger partial charge in [-0.15, -0.1) is 6.58 Å². The molecule has 0 aliphatic rings. The van der Waals surface area contributed by atoms with Crippen molar-refractivity contribution in [2.75, 3.05) is 5.73 Å². The summed E-state index contributed by atoms with van der Waals surface area (Å²) in [7, 11) is 0. The normalized spacial score (nSPS) is 12.1. The van der Waals surface area contributed by atoms with Crippen molar-refractivity contribution in [3.63, 3.8) is 0 Å². The molecule has 1 atom stereocenters. The van der Waals surface area contributed by atoms with Crippen molar-refractivity contribution in [1.82, 2.24) is 0 Å². The van der Waals surface area contributed by atoms with Crippen LogP contribution in [0.4, 0.5) is 5.69 Å². The molecule has 2 nitrogen and oxygen atoms in total. The first-order valence-electron chi connectivity index (χ1n) is 6.73. The first-order valence-corrected chi connectivity index (χ1v) is 7.49. The van der Waals surface area contributed by atoms with Crippen molar-refractivity contribution >= 4 is 28.9 Å². The molecular weight excluding hydrogens is 303 g/mol. The molecular formula is C17H18Cl2N2. The van der Waals surface area contributed by atoms with Gasteiger partial charge in [-0.2, -0.15) is 0 Å². The highest BCUT2D eigenvalue weighted by Gasteiger charge is 2.17. The van der Waals surface area contributed by atoms with Gasteiger partial charge >= 0.3 is 0 Å². The third-order valence-corrected chi connectivity index (χ3v) is 4.14. The molecule has 0 radical (unpaired) electrons. The van der Waals surface area contributed by atoms with E-state index in [0.717, 1.165) is 29.5 Å². The minimum absolute atomic E-state index is 0.403. The largest absolute Gasteiger partial charge is 0.398 e.